The van der Waals surface area contributed by atoms with Crippen molar-refractivity contribution in [3.63, 3.8) is 0 Å². The van der Waals surface area contributed by atoms with Crippen LogP contribution < -0.4 is 5.73 Å². The minimum Gasteiger partial charge on any atom is -0.409 e. The normalized spacial score (nSPS) is 19.1. The molecule has 2 rings (SSSR count). The number of nitrogens with two attached hydrogens (primary N) is 1. The van der Waals surface area contributed by atoms with Crippen molar-refractivity contribution in [1.82, 2.24) is 19.4 Å². The van der Waals surface area contributed by atoms with E-state index in [1.807, 2.05) is 6.92 Å². The molecule has 1 aliphatic heterocycles. The number of carbonyl (C=O) groups excluding carboxylic acids is 1. The number of carbonyl (C=O) groups is 1. The monoisotopic (exact) mass is 298 g/mol. The summed E-state index contributed by atoms with van der Waals surface area (Å²) in [5.74, 6) is 0.131. The van der Waals surface area contributed by atoms with E-state index in [0.717, 1.165) is 6.42 Å². The number of rotatable bonds is 4. The summed E-state index contributed by atoms with van der Waals surface area (Å²) in [4.78, 5) is 16.0. The molecular weight excluding hydrogens is 280 g/mol. The first-order chi connectivity index (χ1) is 9.67. The Morgan fingerprint density at radius 1 is 1.55 bits per heavy atom. The molecule has 1 aromatic rings. The number of aromatic nitrogens is 2. The van der Waals surface area contributed by atoms with E-state index in [2.05, 4.69) is 19.6 Å². The van der Waals surface area contributed by atoms with Crippen LogP contribution in [0.4, 0.5) is 0 Å². The second-order valence-electron chi connectivity index (χ2n) is 4.57. The van der Waals surface area contributed by atoms with Crippen LogP contribution in [0.1, 0.15) is 23.8 Å². The zero-order chi connectivity index (χ0) is 14.5. The molecule has 2 heterocycles. The average molecular weight is 298 g/mol. The molecule has 0 bridgehead atoms. The summed E-state index contributed by atoms with van der Waals surface area (Å²) in [6, 6.07) is -0.0850. The van der Waals surface area contributed by atoms with E-state index in [4.69, 9.17) is 10.9 Å². The molecule has 1 unspecified atom stereocenters. The minimum atomic E-state index is -0.0877. The predicted molar refractivity (Wildman–Crippen MR) is 74.9 cm³/mol. The highest BCUT2D eigenvalue weighted by Crippen LogP contribution is 2.12. The van der Waals surface area contributed by atoms with E-state index in [9.17, 15) is 4.79 Å². The maximum Gasteiger partial charge on any atom is 0.275 e. The third kappa shape index (κ3) is 3.05. The average Bonchev–Trinajstić information content (AvgIpc) is 3.02. The topological polar surface area (TPSA) is 108 Å². The van der Waals surface area contributed by atoms with Crippen molar-refractivity contribution >= 4 is 23.3 Å². The molecule has 1 saturated heterocycles. The van der Waals surface area contributed by atoms with E-state index in [1.54, 1.807) is 10.3 Å². The van der Waals surface area contributed by atoms with E-state index in [-0.39, 0.29) is 17.8 Å². The molecular formula is C11H18N6O2S. The second-order valence-corrected chi connectivity index (χ2v) is 5.18. The third-order valence-electron chi connectivity index (χ3n) is 3.46. The number of amides is 1. The molecule has 110 valence electrons. The van der Waals surface area contributed by atoms with Crippen molar-refractivity contribution in [3.05, 3.63) is 11.1 Å². The Kier molecular flexibility index (Phi) is 4.85. The Morgan fingerprint density at radius 2 is 2.25 bits per heavy atom. The van der Waals surface area contributed by atoms with Crippen molar-refractivity contribution in [2.45, 2.75) is 19.4 Å². The Labute approximate surface area is 121 Å². The lowest BCUT2D eigenvalue weighted by molar-refractivity contribution is 0.0603. The molecule has 0 radical (unpaired) electrons. The van der Waals surface area contributed by atoms with Gasteiger partial charge in [0.2, 0.25) is 0 Å². The summed E-state index contributed by atoms with van der Waals surface area (Å²) in [5, 5.41) is 17.3. The Bertz CT molecular complexity index is 469. The largest absolute Gasteiger partial charge is 0.409 e. The molecule has 0 aromatic carbocycles. The summed E-state index contributed by atoms with van der Waals surface area (Å²) in [6.07, 6.45) is 0.764. The standard InChI is InChI=1S/C11H18N6O2S/c1-2-9(10(12)14-19)16-3-5-17(6-4-16)11(18)8-7-20-15-13-8/h7,9,19H,2-6H2,1H3,(H2,12,14). The van der Waals surface area contributed by atoms with E-state index in [1.165, 1.54) is 11.5 Å². The summed E-state index contributed by atoms with van der Waals surface area (Å²) in [6.45, 7) is 4.58. The molecule has 0 spiro atoms. The lowest BCUT2D eigenvalue weighted by atomic mass is 10.1. The number of hydrogen-bond acceptors (Lipinski definition) is 7. The fourth-order valence-electron chi connectivity index (χ4n) is 2.38. The van der Waals surface area contributed by atoms with Crippen LogP contribution in [0, 0.1) is 0 Å². The first-order valence-corrected chi connectivity index (χ1v) is 7.28. The molecule has 9 heteroatoms. The molecule has 1 aliphatic rings. The molecule has 3 N–H and O–H groups in total. The SMILES string of the molecule is CCC(C(N)=NO)N1CCN(C(=O)c2csnn2)CC1. The minimum absolute atomic E-state index is 0.0850. The van der Waals surface area contributed by atoms with Crippen LogP contribution in [-0.4, -0.2) is 68.6 Å². The molecule has 1 aromatic heterocycles. The van der Waals surface area contributed by atoms with Gasteiger partial charge < -0.3 is 15.8 Å². The third-order valence-corrected chi connectivity index (χ3v) is 3.97. The van der Waals surface area contributed by atoms with Crippen molar-refractivity contribution in [3.8, 4) is 0 Å². The fraction of sp³-hybridized carbons (Fsp3) is 0.636. The molecule has 20 heavy (non-hydrogen) atoms. The Morgan fingerprint density at radius 3 is 2.75 bits per heavy atom. The Hall–Kier alpha value is -1.74. The number of oxime groups is 1. The first-order valence-electron chi connectivity index (χ1n) is 6.45. The highest BCUT2D eigenvalue weighted by molar-refractivity contribution is 7.03. The van der Waals surface area contributed by atoms with Crippen molar-refractivity contribution < 1.29 is 10.0 Å². The summed E-state index contributed by atoms with van der Waals surface area (Å²) in [5.41, 5.74) is 6.09. The highest BCUT2D eigenvalue weighted by Gasteiger charge is 2.28. The van der Waals surface area contributed by atoms with Gasteiger partial charge in [-0.1, -0.05) is 16.6 Å². The van der Waals surface area contributed by atoms with Crippen LogP contribution in [0.5, 0.6) is 0 Å². The van der Waals surface area contributed by atoms with Gasteiger partial charge in [-0.05, 0) is 18.0 Å². The van der Waals surface area contributed by atoms with Gasteiger partial charge in [-0.2, -0.15) is 0 Å². The van der Waals surface area contributed by atoms with E-state index < -0.39 is 0 Å². The fourth-order valence-corrected chi connectivity index (χ4v) is 2.81. The first kappa shape index (κ1) is 14.7. The van der Waals surface area contributed by atoms with Crippen LogP contribution >= 0.6 is 11.5 Å². The van der Waals surface area contributed by atoms with E-state index >= 15 is 0 Å². The van der Waals surface area contributed by atoms with Gasteiger partial charge in [0.05, 0.1) is 6.04 Å². The van der Waals surface area contributed by atoms with Crippen molar-refractivity contribution in [2.24, 2.45) is 10.9 Å². The number of nitrogens with zero attached hydrogens (tertiary/aromatic N) is 5. The van der Waals surface area contributed by atoms with Crippen LogP contribution in [0.15, 0.2) is 10.5 Å². The Balaban J connectivity index is 1.94. The van der Waals surface area contributed by atoms with Gasteiger partial charge >= 0.3 is 0 Å². The maximum absolute atomic E-state index is 12.1. The number of hydrogen-bond donors (Lipinski definition) is 2. The number of piperazine rings is 1. The lowest BCUT2D eigenvalue weighted by Gasteiger charge is -2.38. The van der Waals surface area contributed by atoms with E-state index in [0.29, 0.717) is 31.9 Å². The summed E-state index contributed by atoms with van der Waals surface area (Å²) >= 11 is 1.17. The van der Waals surface area contributed by atoms with Gasteiger partial charge in [0.15, 0.2) is 11.5 Å². The highest BCUT2D eigenvalue weighted by atomic mass is 32.1. The molecule has 0 aliphatic carbocycles. The molecule has 1 fully saturated rings. The smallest absolute Gasteiger partial charge is 0.275 e. The van der Waals surface area contributed by atoms with Crippen molar-refractivity contribution in [2.75, 3.05) is 26.2 Å². The quantitative estimate of drug-likeness (QED) is 0.345. The zero-order valence-corrected chi connectivity index (χ0v) is 12.1. The molecule has 1 atom stereocenters. The predicted octanol–water partition coefficient (Wildman–Crippen LogP) is -0.179. The van der Waals surface area contributed by atoms with Crippen LogP contribution in [-0.2, 0) is 0 Å². The van der Waals surface area contributed by atoms with Gasteiger partial charge in [0, 0.05) is 31.6 Å². The van der Waals surface area contributed by atoms with Gasteiger partial charge in [-0.25, -0.2) is 0 Å². The van der Waals surface area contributed by atoms with Gasteiger partial charge in [0.25, 0.3) is 5.91 Å². The van der Waals surface area contributed by atoms with Gasteiger partial charge in [0.1, 0.15) is 0 Å². The van der Waals surface area contributed by atoms with Crippen LogP contribution in [0.2, 0.25) is 0 Å². The van der Waals surface area contributed by atoms with Crippen molar-refractivity contribution in [1.29, 1.82) is 0 Å². The lowest BCUT2D eigenvalue weighted by Crippen LogP contribution is -2.55. The van der Waals surface area contributed by atoms with Gasteiger partial charge in [-0.3, -0.25) is 9.69 Å². The number of amidine groups is 1. The summed E-state index contributed by atoms with van der Waals surface area (Å²) in [7, 11) is 0. The maximum atomic E-state index is 12.1. The molecule has 1 amide bonds. The van der Waals surface area contributed by atoms with Gasteiger partial charge in [-0.15, -0.1) is 5.10 Å². The second kappa shape index (κ2) is 6.62. The zero-order valence-electron chi connectivity index (χ0n) is 11.3. The molecule has 8 nitrogen and oxygen atoms in total. The summed E-state index contributed by atoms with van der Waals surface area (Å²) < 4.78 is 3.70. The van der Waals surface area contributed by atoms with Crippen LogP contribution in [0.25, 0.3) is 0 Å². The molecule has 0 saturated carbocycles. The van der Waals surface area contributed by atoms with Crippen LogP contribution in [0.3, 0.4) is 0 Å².